The van der Waals surface area contributed by atoms with Gasteiger partial charge in [-0.15, -0.1) is 0 Å². The predicted molar refractivity (Wildman–Crippen MR) is 81.7 cm³/mol. The summed E-state index contributed by atoms with van der Waals surface area (Å²) in [7, 11) is 3.23. The van der Waals surface area contributed by atoms with Crippen LogP contribution in [0.25, 0.3) is 0 Å². The summed E-state index contributed by atoms with van der Waals surface area (Å²) in [6.07, 6.45) is 0.593. The normalized spacial score (nSPS) is 10.3. The summed E-state index contributed by atoms with van der Waals surface area (Å²) in [4.78, 5) is 8.92. The molecular formula is C15H20N4O2. The standard InChI is InChI=1S/C15H20N4O2/c1-9-10(2)17-14(18-15(9)19-16)8-11-5-6-12(20-3)13(7-11)21-4/h5-7H,8,16H2,1-4H3,(H,17,18,19). The second-order valence-corrected chi connectivity index (χ2v) is 4.71. The summed E-state index contributed by atoms with van der Waals surface area (Å²) in [6.45, 7) is 3.88. The molecule has 112 valence electrons. The first-order valence-electron chi connectivity index (χ1n) is 6.60. The number of ether oxygens (including phenoxy) is 2. The zero-order chi connectivity index (χ0) is 15.4. The van der Waals surface area contributed by atoms with E-state index in [0.29, 0.717) is 29.6 Å². The van der Waals surface area contributed by atoms with Crippen molar-refractivity contribution >= 4 is 5.82 Å². The molecule has 0 spiro atoms. The van der Waals surface area contributed by atoms with Crippen molar-refractivity contribution < 1.29 is 9.47 Å². The van der Waals surface area contributed by atoms with Gasteiger partial charge in [-0.2, -0.15) is 0 Å². The van der Waals surface area contributed by atoms with E-state index in [-0.39, 0.29) is 0 Å². The molecule has 0 unspecified atom stereocenters. The lowest BCUT2D eigenvalue weighted by Crippen LogP contribution is -2.13. The number of nitrogens with one attached hydrogen (secondary N) is 1. The van der Waals surface area contributed by atoms with Gasteiger partial charge in [-0.3, -0.25) is 0 Å². The minimum Gasteiger partial charge on any atom is -0.493 e. The number of nitrogens with two attached hydrogens (primary N) is 1. The third kappa shape index (κ3) is 3.22. The highest BCUT2D eigenvalue weighted by Crippen LogP contribution is 2.28. The van der Waals surface area contributed by atoms with Crippen LogP contribution < -0.4 is 20.7 Å². The van der Waals surface area contributed by atoms with Gasteiger partial charge in [-0.25, -0.2) is 15.8 Å². The van der Waals surface area contributed by atoms with E-state index in [4.69, 9.17) is 15.3 Å². The molecular weight excluding hydrogens is 268 g/mol. The maximum atomic E-state index is 5.49. The number of anilines is 1. The van der Waals surface area contributed by atoms with Crippen molar-refractivity contribution in [3.63, 3.8) is 0 Å². The zero-order valence-corrected chi connectivity index (χ0v) is 12.7. The minimum atomic E-state index is 0.593. The Balaban J connectivity index is 2.32. The van der Waals surface area contributed by atoms with Gasteiger partial charge in [0.15, 0.2) is 11.5 Å². The van der Waals surface area contributed by atoms with E-state index in [1.807, 2.05) is 32.0 Å². The Morgan fingerprint density at radius 3 is 2.43 bits per heavy atom. The fourth-order valence-corrected chi connectivity index (χ4v) is 2.08. The summed E-state index contributed by atoms with van der Waals surface area (Å²) >= 11 is 0. The van der Waals surface area contributed by atoms with Gasteiger partial charge in [0, 0.05) is 17.7 Å². The number of nitrogens with zero attached hydrogens (tertiary/aromatic N) is 2. The molecule has 0 radical (unpaired) electrons. The fraction of sp³-hybridized carbons (Fsp3) is 0.333. The maximum absolute atomic E-state index is 5.49. The highest BCUT2D eigenvalue weighted by atomic mass is 16.5. The molecule has 0 aliphatic rings. The molecule has 2 rings (SSSR count). The van der Waals surface area contributed by atoms with Crippen LogP contribution in [0.3, 0.4) is 0 Å². The summed E-state index contributed by atoms with van der Waals surface area (Å²) in [5, 5.41) is 0. The molecule has 3 N–H and O–H groups in total. The van der Waals surface area contributed by atoms with E-state index < -0.39 is 0 Å². The van der Waals surface area contributed by atoms with Crippen LogP contribution in [0.15, 0.2) is 18.2 Å². The molecule has 0 aliphatic heterocycles. The van der Waals surface area contributed by atoms with Crippen LogP contribution in [0.5, 0.6) is 11.5 Å². The van der Waals surface area contributed by atoms with Crippen molar-refractivity contribution in [2.24, 2.45) is 5.84 Å². The molecule has 6 heteroatoms. The highest BCUT2D eigenvalue weighted by molar-refractivity contribution is 5.46. The summed E-state index contributed by atoms with van der Waals surface area (Å²) in [5.74, 6) is 8.24. The SMILES string of the molecule is COc1ccc(Cc2nc(C)c(C)c(NN)n2)cc1OC. The Labute approximate surface area is 124 Å². The number of nitrogen functional groups attached to an aromatic ring is 1. The van der Waals surface area contributed by atoms with E-state index in [1.165, 1.54) is 0 Å². The molecule has 0 atom stereocenters. The third-order valence-corrected chi connectivity index (χ3v) is 3.38. The quantitative estimate of drug-likeness (QED) is 0.647. The second kappa shape index (κ2) is 6.41. The van der Waals surface area contributed by atoms with E-state index in [1.54, 1.807) is 14.2 Å². The number of benzene rings is 1. The monoisotopic (exact) mass is 288 g/mol. The number of rotatable bonds is 5. The van der Waals surface area contributed by atoms with Crippen LogP contribution >= 0.6 is 0 Å². The number of methoxy groups -OCH3 is 2. The van der Waals surface area contributed by atoms with Gasteiger partial charge < -0.3 is 14.9 Å². The number of hydrazine groups is 1. The van der Waals surface area contributed by atoms with Crippen LogP contribution in [-0.4, -0.2) is 24.2 Å². The first-order chi connectivity index (χ1) is 10.1. The first kappa shape index (κ1) is 15.1. The Hall–Kier alpha value is -2.34. The van der Waals surface area contributed by atoms with Gasteiger partial charge in [-0.1, -0.05) is 6.07 Å². The lowest BCUT2D eigenvalue weighted by atomic mass is 10.1. The van der Waals surface area contributed by atoms with Gasteiger partial charge in [-0.05, 0) is 31.5 Å². The molecule has 0 saturated heterocycles. The van der Waals surface area contributed by atoms with Gasteiger partial charge in [0.2, 0.25) is 0 Å². The number of aryl methyl sites for hydroxylation is 1. The lowest BCUT2D eigenvalue weighted by Gasteiger charge is -2.11. The molecule has 0 bridgehead atoms. The average molecular weight is 288 g/mol. The minimum absolute atomic E-state index is 0.593. The summed E-state index contributed by atoms with van der Waals surface area (Å²) in [6, 6.07) is 5.76. The summed E-state index contributed by atoms with van der Waals surface area (Å²) in [5.41, 5.74) is 5.51. The van der Waals surface area contributed by atoms with Gasteiger partial charge in [0.05, 0.1) is 14.2 Å². The van der Waals surface area contributed by atoms with Gasteiger partial charge in [0.1, 0.15) is 11.6 Å². The molecule has 1 aromatic carbocycles. The number of hydrogen-bond donors (Lipinski definition) is 2. The molecule has 0 saturated carbocycles. The smallest absolute Gasteiger partial charge is 0.161 e. The third-order valence-electron chi connectivity index (χ3n) is 3.38. The Kier molecular flexibility index (Phi) is 4.59. The van der Waals surface area contributed by atoms with Crippen LogP contribution in [0.4, 0.5) is 5.82 Å². The second-order valence-electron chi connectivity index (χ2n) is 4.71. The predicted octanol–water partition coefficient (Wildman–Crippen LogP) is 1.99. The largest absolute Gasteiger partial charge is 0.493 e. The zero-order valence-electron chi connectivity index (χ0n) is 12.7. The molecule has 1 aromatic heterocycles. The van der Waals surface area contributed by atoms with E-state index >= 15 is 0 Å². The van der Waals surface area contributed by atoms with Crippen molar-refractivity contribution in [1.29, 1.82) is 0 Å². The molecule has 0 fully saturated rings. The van der Waals surface area contributed by atoms with Crippen LogP contribution in [-0.2, 0) is 6.42 Å². The summed E-state index contributed by atoms with van der Waals surface area (Å²) < 4.78 is 10.5. The molecule has 1 heterocycles. The molecule has 21 heavy (non-hydrogen) atoms. The van der Waals surface area contributed by atoms with Crippen LogP contribution in [0.1, 0.15) is 22.6 Å². The molecule has 0 aliphatic carbocycles. The fourth-order valence-electron chi connectivity index (χ4n) is 2.08. The van der Waals surface area contributed by atoms with Crippen LogP contribution in [0.2, 0.25) is 0 Å². The lowest BCUT2D eigenvalue weighted by molar-refractivity contribution is 0.354. The van der Waals surface area contributed by atoms with Gasteiger partial charge in [0.25, 0.3) is 0 Å². The average Bonchev–Trinajstić information content (AvgIpc) is 2.50. The van der Waals surface area contributed by atoms with Crippen molar-refractivity contribution in [3.05, 3.63) is 40.8 Å². The highest BCUT2D eigenvalue weighted by Gasteiger charge is 2.10. The molecule has 0 amide bonds. The Morgan fingerprint density at radius 1 is 1.10 bits per heavy atom. The maximum Gasteiger partial charge on any atom is 0.161 e. The van der Waals surface area contributed by atoms with Crippen molar-refractivity contribution in [2.75, 3.05) is 19.6 Å². The van der Waals surface area contributed by atoms with E-state index in [0.717, 1.165) is 16.8 Å². The topological polar surface area (TPSA) is 82.3 Å². The molecule has 2 aromatic rings. The van der Waals surface area contributed by atoms with Crippen molar-refractivity contribution in [1.82, 2.24) is 9.97 Å². The van der Waals surface area contributed by atoms with E-state index in [2.05, 4.69) is 15.4 Å². The van der Waals surface area contributed by atoms with E-state index in [9.17, 15) is 0 Å². The number of hydrogen-bond acceptors (Lipinski definition) is 6. The van der Waals surface area contributed by atoms with Gasteiger partial charge >= 0.3 is 0 Å². The van der Waals surface area contributed by atoms with Crippen molar-refractivity contribution in [2.45, 2.75) is 20.3 Å². The molecule has 6 nitrogen and oxygen atoms in total. The van der Waals surface area contributed by atoms with Crippen LogP contribution in [0, 0.1) is 13.8 Å². The number of aromatic nitrogens is 2. The first-order valence-corrected chi connectivity index (χ1v) is 6.60. The van der Waals surface area contributed by atoms with Crippen molar-refractivity contribution in [3.8, 4) is 11.5 Å². The Morgan fingerprint density at radius 2 is 1.81 bits per heavy atom. The Bertz CT molecular complexity index is 644.